The highest BCUT2D eigenvalue weighted by molar-refractivity contribution is 5.63. The van der Waals surface area contributed by atoms with Crippen LogP contribution in [0.5, 0.6) is 5.75 Å². The zero-order valence-corrected chi connectivity index (χ0v) is 10.7. The molecule has 2 aromatic rings. The van der Waals surface area contributed by atoms with E-state index in [1.165, 1.54) is 12.1 Å². The maximum atomic E-state index is 13.2. The summed E-state index contributed by atoms with van der Waals surface area (Å²) in [6.45, 7) is 0. The van der Waals surface area contributed by atoms with Crippen molar-refractivity contribution in [1.82, 2.24) is 0 Å². The van der Waals surface area contributed by atoms with Crippen molar-refractivity contribution in [3.8, 4) is 5.75 Å². The molecule has 2 rings (SSSR count). The number of halogens is 1. The highest BCUT2D eigenvalue weighted by Gasteiger charge is 2.12. The molecule has 1 atom stereocenters. The van der Waals surface area contributed by atoms with Crippen molar-refractivity contribution in [2.24, 2.45) is 0 Å². The number of methoxy groups -OCH3 is 1. The van der Waals surface area contributed by atoms with Crippen LogP contribution in [0.25, 0.3) is 0 Å². The Morgan fingerprint density at radius 3 is 2.53 bits per heavy atom. The first kappa shape index (κ1) is 13.3. The molecule has 0 aliphatic heterocycles. The third-order valence-electron chi connectivity index (χ3n) is 3.06. The van der Waals surface area contributed by atoms with Gasteiger partial charge < -0.3 is 9.53 Å². The summed E-state index contributed by atoms with van der Waals surface area (Å²) in [5.41, 5.74) is 1.72. The van der Waals surface area contributed by atoms with E-state index in [1.54, 1.807) is 19.2 Å². The van der Waals surface area contributed by atoms with Crippen LogP contribution in [-0.2, 0) is 11.2 Å². The van der Waals surface area contributed by atoms with Gasteiger partial charge in [0.15, 0.2) is 0 Å². The molecule has 2 aromatic carbocycles. The Hall–Kier alpha value is -2.16. The van der Waals surface area contributed by atoms with Crippen LogP contribution in [0.3, 0.4) is 0 Å². The Morgan fingerprint density at radius 2 is 1.95 bits per heavy atom. The topological polar surface area (TPSA) is 26.3 Å². The van der Waals surface area contributed by atoms with Gasteiger partial charge >= 0.3 is 0 Å². The largest absolute Gasteiger partial charge is 0.497 e. The lowest BCUT2D eigenvalue weighted by atomic mass is 9.93. The van der Waals surface area contributed by atoms with Crippen LogP contribution in [0.1, 0.15) is 17.0 Å². The van der Waals surface area contributed by atoms with Crippen molar-refractivity contribution in [1.29, 1.82) is 0 Å². The summed E-state index contributed by atoms with van der Waals surface area (Å²) in [4.78, 5) is 11.2. The molecule has 98 valence electrons. The maximum Gasteiger partial charge on any atom is 0.127 e. The third-order valence-corrected chi connectivity index (χ3v) is 3.06. The number of aldehydes is 1. The molecule has 1 unspecified atom stereocenters. The molecule has 0 aromatic heterocycles. The Bertz CT molecular complexity index is 549. The summed E-state index contributed by atoms with van der Waals surface area (Å²) in [6.07, 6.45) is 1.41. The molecule has 2 nitrogen and oxygen atoms in total. The highest BCUT2D eigenvalue weighted by atomic mass is 19.1. The molecule has 0 aliphatic carbocycles. The second-order valence-corrected chi connectivity index (χ2v) is 4.35. The van der Waals surface area contributed by atoms with Gasteiger partial charge in [0.2, 0.25) is 0 Å². The second kappa shape index (κ2) is 6.14. The van der Waals surface area contributed by atoms with Crippen molar-refractivity contribution in [2.75, 3.05) is 7.11 Å². The first-order valence-electron chi connectivity index (χ1n) is 6.06. The Kier molecular flexibility index (Phi) is 4.29. The van der Waals surface area contributed by atoms with Crippen LogP contribution >= 0.6 is 0 Å². The van der Waals surface area contributed by atoms with Gasteiger partial charge in [0.25, 0.3) is 0 Å². The van der Waals surface area contributed by atoms with Gasteiger partial charge in [-0.2, -0.15) is 0 Å². The zero-order valence-electron chi connectivity index (χ0n) is 10.7. The smallest absolute Gasteiger partial charge is 0.127 e. The average molecular weight is 258 g/mol. The van der Waals surface area contributed by atoms with Gasteiger partial charge in [0, 0.05) is 5.92 Å². The van der Waals surface area contributed by atoms with E-state index in [-0.39, 0.29) is 11.7 Å². The maximum absolute atomic E-state index is 13.2. The van der Waals surface area contributed by atoms with E-state index >= 15 is 0 Å². The predicted molar refractivity (Wildman–Crippen MR) is 71.9 cm³/mol. The fourth-order valence-electron chi connectivity index (χ4n) is 2.00. The molecule has 0 radical (unpaired) electrons. The summed E-state index contributed by atoms with van der Waals surface area (Å²) in [7, 11) is 1.61. The lowest BCUT2D eigenvalue weighted by molar-refractivity contribution is -0.109. The van der Waals surface area contributed by atoms with E-state index in [1.807, 2.05) is 24.3 Å². The minimum atomic E-state index is -0.330. The average Bonchev–Trinajstić information content (AvgIpc) is 2.45. The molecule has 0 bridgehead atoms. The van der Waals surface area contributed by atoms with Crippen LogP contribution in [0, 0.1) is 5.82 Å². The van der Waals surface area contributed by atoms with Gasteiger partial charge in [0.05, 0.1) is 7.11 Å². The van der Waals surface area contributed by atoms with Crippen LogP contribution in [-0.4, -0.2) is 13.4 Å². The lowest BCUT2D eigenvalue weighted by Crippen LogP contribution is -2.04. The lowest BCUT2D eigenvalue weighted by Gasteiger charge is -2.11. The second-order valence-electron chi connectivity index (χ2n) is 4.35. The first-order valence-corrected chi connectivity index (χ1v) is 6.06. The van der Waals surface area contributed by atoms with Gasteiger partial charge in [-0.3, -0.25) is 0 Å². The molecule has 0 fully saturated rings. The normalized spacial score (nSPS) is 11.9. The Labute approximate surface area is 111 Å². The molecule has 0 N–H and O–H groups in total. The van der Waals surface area contributed by atoms with E-state index in [0.717, 1.165) is 17.6 Å². The minimum absolute atomic E-state index is 0.320. The SMILES string of the molecule is COc1ccc(CC(C=O)c2cccc(F)c2)cc1. The fourth-order valence-corrected chi connectivity index (χ4v) is 2.00. The quantitative estimate of drug-likeness (QED) is 0.769. The van der Waals surface area contributed by atoms with E-state index < -0.39 is 0 Å². The van der Waals surface area contributed by atoms with E-state index in [0.29, 0.717) is 12.0 Å². The van der Waals surface area contributed by atoms with E-state index in [9.17, 15) is 9.18 Å². The van der Waals surface area contributed by atoms with Gasteiger partial charge in [-0.05, 0) is 41.8 Å². The van der Waals surface area contributed by atoms with E-state index in [4.69, 9.17) is 4.74 Å². The van der Waals surface area contributed by atoms with Crippen LogP contribution in [0.4, 0.5) is 4.39 Å². The molecule has 0 spiro atoms. The molecule has 19 heavy (non-hydrogen) atoms. The zero-order chi connectivity index (χ0) is 13.7. The summed E-state index contributed by atoms with van der Waals surface area (Å²) < 4.78 is 18.3. The molecular weight excluding hydrogens is 243 g/mol. The Balaban J connectivity index is 2.16. The molecular formula is C16H15FO2. The van der Waals surface area contributed by atoms with Gasteiger partial charge in [-0.15, -0.1) is 0 Å². The summed E-state index contributed by atoms with van der Waals surface area (Å²) >= 11 is 0. The van der Waals surface area contributed by atoms with Crippen LogP contribution in [0.15, 0.2) is 48.5 Å². The number of carbonyl (C=O) groups is 1. The van der Waals surface area contributed by atoms with Crippen molar-refractivity contribution >= 4 is 6.29 Å². The van der Waals surface area contributed by atoms with Crippen molar-refractivity contribution in [2.45, 2.75) is 12.3 Å². The minimum Gasteiger partial charge on any atom is -0.497 e. The van der Waals surface area contributed by atoms with Crippen molar-refractivity contribution in [3.05, 3.63) is 65.5 Å². The molecule has 0 saturated carbocycles. The number of benzene rings is 2. The highest BCUT2D eigenvalue weighted by Crippen LogP contribution is 2.21. The summed E-state index contributed by atoms with van der Waals surface area (Å²) in [6, 6.07) is 13.7. The molecule has 0 saturated heterocycles. The number of hydrogen-bond donors (Lipinski definition) is 0. The van der Waals surface area contributed by atoms with Gasteiger partial charge in [-0.25, -0.2) is 4.39 Å². The molecule has 0 heterocycles. The fraction of sp³-hybridized carbons (Fsp3) is 0.188. The van der Waals surface area contributed by atoms with Gasteiger partial charge in [0.1, 0.15) is 17.9 Å². The molecule has 0 aliphatic rings. The summed E-state index contributed by atoms with van der Waals surface area (Å²) in [5.74, 6) is 0.125. The first-order chi connectivity index (χ1) is 9.22. The number of rotatable bonds is 5. The van der Waals surface area contributed by atoms with Crippen molar-refractivity contribution in [3.63, 3.8) is 0 Å². The predicted octanol–water partition coefficient (Wildman–Crippen LogP) is 3.36. The standard InChI is InChI=1S/C16H15FO2/c1-19-16-7-5-12(6-8-16)9-14(11-18)13-3-2-4-15(17)10-13/h2-8,10-11,14H,9H2,1H3. The number of ether oxygens (including phenoxy) is 1. The number of carbonyl (C=O) groups excluding carboxylic acids is 1. The van der Waals surface area contributed by atoms with Crippen molar-refractivity contribution < 1.29 is 13.9 Å². The Morgan fingerprint density at radius 1 is 1.21 bits per heavy atom. The van der Waals surface area contributed by atoms with E-state index in [2.05, 4.69) is 0 Å². The van der Waals surface area contributed by atoms with Crippen LogP contribution in [0.2, 0.25) is 0 Å². The molecule has 0 amide bonds. The molecule has 3 heteroatoms. The van der Waals surface area contributed by atoms with Gasteiger partial charge in [-0.1, -0.05) is 24.3 Å². The van der Waals surface area contributed by atoms with Crippen LogP contribution < -0.4 is 4.74 Å². The number of hydrogen-bond acceptors (Lipinski definition) is 2. The third kappa shape index (κ3) is 3.41. The summed E-state index contributed by atoms with van der Waals surface area (Å²) in [5, 5.41) is 0. The monoisotopic (exact) mass is 258 g/mol.